The highest BCUT2D eigenvalue weighted by Crippen LogP contribution is 2.38. The minimum Gasteiger partial charge on any atom is -0.371 e. The summed E-state index contributed by atoms with van der Waals surface area (Å²) in [5.74, 6) is -1.35. The van der Waals surface area contributed by atoms with Gasteiger partial charge in [0, 0.05) is 12.5 Å². The van der Waals surface area contributed by atoms with Gasteiger partial charge in [0.25, 0.3) is 0 Å². The SMILES string of the molecule is CCCCCCCCCCCCCCCCN1C(=O)C(C(C)=O)C(C)C1(C)O. The quantitative estimate of drug-likeness (QED) is 0.263. The van der Waals surface area contributed by atoms with Crippen LogP contribution in [0.25, 0.3) is 0 Å². The Labute approximate surface area is 173 Å². The fourth-order valence-electron chi connectivity index (χ4n) is 4.49. The number of ketones is 1. The van der Waals surface area contributed by atoms with E-state index in [2.05, 4.69) is 6.92 Å². The van der Waals surface area contributed by atoms with Crippen LogP contribution in [0.3, 0.4) is 0 Å². The predicted octanol–water partition coefficient (Wildman–Crippen LogP) is 5.86. The summed E-state index contributed by atoms with van der Waals surface area (Å²) in [5.41, 5.74) is -1.20. The third kappa shape index (κ3) is 7.85. The Balaban J connectivity index is 2.04. The summed E-state index contributed by atoms with van der Waals surface area (Å²) in [7, 11) is 0. The van der Waals surface area contributed by atoms with E-state index in [0.717, 1.165) is 12.8 Å². The summed E-state index contributed by atoms with van der Waals surface area (Å²) in [6.07, 6.45) is 18.1. The van der Waals surface area contributed by atoms with Crippen molar-refractivity contribution < 1.29 is 14.7 Å². The minimum atomic E-state index is -1.20. The van der Waals surface area contributed by atoms with Crippen LogP contribution in [-0.2, 0) is 9.59 Å². The first-order valence-electron chi connectivity index (χ1n) is 11.9. The molecule has 0 saturated carbocycles. The van der Waals surface area contributed by atoms with Crippen LogP contribution in [0, 0.1) is 11.8 Å². The zero-order valence-electron chi connectivity index (χ0n) is 19.0. The average molecular weight is 396 g/mol. The van der Waals surface area contributed by atoms with Gasteiger partial charge in [-0.1, -0.05) is 97.3 Å². The molecule has 1 N–H and O–H groups in total. The van der Waals surface area contributed by atoms with E-state index >= 15 is 0 Å². The van der Waals surface area contributed by atoms with Gasteiger partial charge in [-0.2, -0.15) is 0 Å². The largest absolute Gasteiger partial charge is 0.371 e. The van der Waals surface area contributed by atoms with Crippen molar-refractivity contribution in [2.45, 2.75) is 123 Å². The predicted molar refractivity (Wildman–Crippen MR) is 116 cm³/mol. The topological polar surface area (TPSA) is 57.6 Å². The summed E-state index contributed by atoms with van der Waals surface area (Å²) in [4.78, 5) is 25.8. The molecular weight excluding hydrogens is 350 g/mol. The lowest BCUT2D eigenvalue weighted by Gasteiger charge is -2.33. The maximum Gasteiger partial charge on any atom is 0.235 e. The maximum absolute atomic E-state index is 12.5. The number of amides is 1. The molecule has 1 fully saturated rings. The number of carbonyl (C=O) groups is 2. The van der Waals surface area contributed by atoms with E-state index in [-0.39, 0.29) is 17.6 Å². The summed E-state index contributed by atoms with van der Waals surface area (Å²) >= 11 is 0. The summed E-state index contributed by atoms with van der Waals surface area (Å²) < 4.78 is 0. The fourth-order valence-corrected chi connectivity index (χ4v) is 4.49. The number of hydrogen-bond donors (Lipinski definition) is 1. The normalized spacial score (nSPS) is 24.9. The molecule has 0 aliphatic carbocycles. The standard InChI is InChI=1S/C24H45NO3/c1-5-6-7-8-9-10-11-12-13-14-15-16-17-18-19-25-23(27)22(21(3)26)20(2)24(25,4)28/h20,22,28H,5-19H2,1-4H3. The minimum absolute atomic E-state index is 0.138. The van der Waals surface area contributed by atoms with Gasteiger partial charge >= 0.3 is 0 Å². The van der Waals surface area contributed by atoms with E-state index < -0.39 is 11.6 Å². The first-order valence-corrected chi connectivity index (χ1v) is 11.9. The van der Waals surface area contributed by atoms with Crippen molar-refractivity contribution in [3.63, 3.8) is 0 Å². The van der Waals surface area contributed by atoms with Crippen LogP contribution in [0.5, 0.6) is 0 Å². The molecule has 0 aromatic rings. The van der Waals surface area contributed by atoms with Gasteiger partial charge in [0.05, 0.1) is 0 Å². The van der Waals surface area contributed by atoms with E-state index in [9.17, 15) is 14.7 Å². The molecule has 1 amide bonds. The number of Topliss-reactive ketones (excluding diaryl/α,β-unsaturated/α-hetero) is 1. The summed E-state index contributed by atoms with van der Waals surface area (Å²) in [6, 6.07) is 0. The lowest BCUT2D eigenvalue weighted by Crippen LogP contribution is -2.46. The Morgan fingerprint density at radius 1 is 0.893 bits per heavy atom. The molecule has 0 spiro atoms. The molecule has 4 heteroatoms. The van der Waals surface area contributed by atoms with Gasteiger partial charge in [0.1, 0.15) is 17.4 Å². The fraction of sp³-hybridized carbons (Fsp3) is 0.917. The van der Waals surface area contributed by atoms with E-state index in [1.54, 1.807) is 13.8 Å². The van der Waals surface area contributed by atoms with E-state index in [0.29, 0.717) is 6.54 Å². The third-order valence-corrected chi connectivity index (χ3v) is 6.61. The van der Waals surface area contributed by atoms with Gasteiger partial charge in [-0.25, -0.2) is 0 Å². The number of rotatable bonds is 16. The lowest BCUT2D eigenvalue weighted by molar-refractivity contribution is -0.146. The monoisotopic (exact) mass is 395 g/mol. The molecule has 1 heterocycles. The molecule has 1 rings (SSSR count). The van der Waals surface area contributed by atoms with Crippen LogP contribution in [-0.4, -0.2) is 34.0 Å². The van der Waals surface area contributed by atoms with E-state index in [1.807, 2.05) is 0 Å². The van der Waals surface area contributed by atoms with Crippen molar-refractivity contribution in [3.05, 3.63) is 0 Å². The van der Waals surface area contributed by atoms with Crippen molar-refractivity contribution in [1.82, 2.24) is 4.90 Å². The van der Waals surface area contributed by atoms with Gasteiger partial charge in [0.15, 0.2) is 0 Å². The lowest BCUT2D eigenvalue weighted by atomic mass is 9.88. The Morgan fingerprint density at radius 3 is 1.64 bits per heavy atom. The zero-order chi connectivity index (χ0) is 21.0. The first kappa shape index (κ1) is 25.1. The Hall–Kier alpha value is -0.900. The molecule has 1 aliphatic rings. The van der Waals surface area contributed by atoms with Gasteiger partial charge < -0.3 is 10.0 Å². The molecule has 28 heavy (non-hydrogen) atoms. The first-order chi connectivity index (χ1) is 13.3. The zero-order valence-corrected chi connectivity index (χ0v) is 19.0. The van der Waals surface area contributed by atoms with Crippen LogP contribution >= 0.6 is 0 Å². The molecule has 1 aliphatic heterocycles. The molecule has 0 aromatic carbocycles. The van der Waals surface area contributed by atoms with Gasteiger partial charge in [-0.3, -0.25) is 9.59 Å². The van der Waals surface area contributed by atoms with Crippen LogP contribution in [0.4, 0.5) is 0 Å². The highest BCUT2D eigenvalue weighted by atomic mass is 16.3. The molecule has 0 aromatic heterocycles. The van der Waals surface area contributed by atoms with Crippen molar-refractivity contribution in [2.24, 2.45) is 11.8 Å². The van der Waals surface area contributed by atoms with Crippen LogP contribution in [0.15, 0.2) is 0 Å². The second-order valence-electron chi connectivity index (χ2n) is 9.06. The van der Waals surface area contributed by atoms with Crippen LogP contribution < -0.4 is 0 Å². The second kappa shape index (κ2) is 13.3. The molecule has 0 bridgehead atoms. The molecular formula is C24H45NO3. The van der Waals surface area contributed by atoms with Gasteiger partial charge in [-0.15, -0.1) is 0 Å². The number of likely N-dealkylation sites (tertiary alicyclic amines) is 1. The maximum atomic E-state index is 12.5. The van der Waals surface area contributed by atoms with E-state index in [1.165, 1.54) is 88.9 Å². The second-order valence-corrected chi connectivity index (χ2v) is 9.06. The number of unbranched alkanes of at least 4 members (excludes halogenated alkanes) is 13. The highest BCUT2D eigenvalue weighted by molar-refractivity contribution is 6.02. The number of nitrogens with zero attached hydrogens (tertiary/aromatic N) is 1. The molecule has 4 nitrogen and oxygen atoms in total. The van der Waals surface area contributed by atoms with Crippen molar-refractivity contribution in [2.75, 3.05) is 6.54 Å². The number of carbonyl (C=O) groups excluding carboxylic acids is 2. The summed E-state index contributed by atoms with van der Waals surface area (Å²) in [5, 5.41) is 10.7. The summed E-state index contributed by atoms with van der Waals surface area (Å²) in [6.45, 7) is 7.74. The van der Waals surface area contributed by atoms with Gasteiger partial charge in [0.2, 0.25) is 5.91 Å². The molecule has 3 atom stereocenters. The molecule has 0 radical (unpaired) electrons. The van der Waals surface area contributed by atoms with Crippen LogP contribution in [0.1, 0.15) is 118 Å². The van der Waals surface area contributed by atoms with Crippen molar-refractivity contribution in [1.29, 1.82) is 0 Å². The van der Waals surface area contributed by atoms with Crippen molar-refractivity contribution >= 4 is 11.7 Å². The Bertz CT molecular complexity index is 461. The number of hydrogen-bond acceptors (Lipinski definition) is 3. The molecule has 3 unspecified atom stereocenters. The molecule has 1 saturated heterocycles. The van der Waals surface area contributed by atoms with E-state index in [4.69, 9.17) is 0 Å². The van der Waals surface area contributed by atoms with Gasteiger partial charge in [-0.05, 0) is 20.3 Å². The number of aliphatic hydroxyl groups is 1. The van der Waals surface area contributed by atoms with Crippen molar-refractivity contribution in [3.8, 4) is 0 Å². The highest BCUT2D eigenvalue weighted by Gasteiger charge is 2.54. The Morgan fingerprint density at radius 2 is 1.29 bits per heavy atom. The average Bonchev–Trinajstić information content (AvgIpc) is 2.80. The Kier molecular flexibility index (Phi) is 12.0. The molecule has 164 valence electrons. The smallest absolute Gasteiger partial charge is 0.235 e. The third-order valence-electron chi connectivity index (χ3n) is 6.61. The van der Waals surface area contributed by atoms with Crippen LogP contribution in [0.2, 0.25) is 0 Å².